The summed E-state index contributed by atoms with van der Waals surface area (Å²) in [6.07, 6.45) is 4.78. The minimum Gasteiger partial charge on any atom is -0.480 e. The Bertz CT molecular complexity index is 1310. The lowest BCUT2D eigenvalue weighted by atomic mass is 10.0. The summed E-state index contributed by atoms with van der Waals surface area (Å²) in [7, 11) is 0. The number of carboxylic acid groups (broad SMARTS) is 1. The first-order chi connectivity index (χ1) is 19.6. The number of nitrogens with two attached hydrogens (primary N) is 2. The van der Waals surface area contributed by atoms with Crippen LogP contribution in [0, 0.1) is 0 Å². The van der Waals surface area contributed by atoms with Crippen LogP contribution in [0.25, 0.3) is 10.9 Å². The molecule has 0 fully saturated rings. The molecule has 14 nitrogen and oxygen atoms in total. The Kier molecular flexibility index (Phi) is 11.4. The van der Waals surface area contributed by atoms with E-state index in [4.69, 9.17) is 11.5 Å². The molecular formula is C27H38N8O6. The van der Waals surface area contributed by atoms with E-state index >= 15 is 0 Å². The number of imidazole rings is 1. The van der Waals surface area contributed by atoms with Crippen molar-refractivity contribution in [2.45, 2.75) is 69.3 Å². The van der Waals surface area contributed by atoms with Gasteiger partial charge in [-0.15, -0.1) is 0 Å². The molecule has 222 valence electrons. The molecule has 0 saturated carbocycles. The molecule has 5 atom stereocenters. The van der Waals surface area contributed by atoms with Gasteiger partial charge in [0.15, 0.2) is 6.04 Å². The van der Waals surface area contributed by atoms with Crippen LogP contribution in [-0.4, -0.2) is 85.7 Å². The van der Waals surface area contributed by atoms with Gasteiger partial charge in [0, 0.05) is 35.4 Å². The van der Waals surface area contributed by atoms with Crippen LogP contribution < -0.4 is 27.4 Å². The monoisotopic (exact) mass is 570 g/mol. The Balaban J connectivity index is 1.74. The number of carboxylic acids is 1. The van der Waals surface area contributed by atoms with Gasteiger partial charge < -0.3 is 47.6 Å². The number of fused-ring (bicyclic) bond motifs is 1. The fourth-order valence-electron chi connectivity index (χ4n) is 4.41. The maximum Gasteiger partial charge on any atom is 0.328 e. The van der Waals surface area contributed by atoms with E-state index in [1.54, 1.807) is 6.20 Å². The molecule has 0 bridgehead atoms. The molecule has 0 spiro atoms. The van der Waals surface area contributed by atoms with Crippen LogP contribution in [0.4, 0.5) is 0 Å². The maximum atomic E-state index is 13.4. The minimum atomic E-state index is -1.57. The summed E-state index contributed by atoms with van der Waals surface area (Å²) in [6.45, 7) is 1.59. The molecule has 3 amide bonds. The third kappa shape index (κ3) is 8.86. The van der Waals surface area contributed by atoms with Gasteiger partial charge in [-0.1, -0.05) is 18.2 Å². The highest BCUT2D eigenvalue weighted by Crippen LogP contribution is 2.19. The van der Waals surface area contributed by atoms with Gasteiger partial charge in [-0.2, -0.15) is 0 Å². The number of rotatable bonds is 16. The van der Waals surface area contributed by atoms with Gasteiger partial charge in [0.05, 0.1) is 18.5 Å². The van der Waals surface area contributed by atoms with Crippen LogP contribution >= 0.6 is 0 Å². The lowest BCUT2D eigenvalue weighted by Gasteiger charge is -2.25. The number of carbonyl (C=O) groups excluding carboxylic acids is 3. The number of H-pyrrole nitrogens is 2. The highest BCUT2D eigenvalue weighted by atomic mass is 16.4. The van der Waals surface area contributed by atoms with E-state index in [-0.39, 0.29) is 19.3 Å². The molecular weight excluding hydrogens is 532 g/mol. The number of hydrogen-bond donors (Lipinski definition) is 9. The second-order valence-corrected chi connectivity index (χ2v) is 9.92. The van der Waals surface area contributed by atoms with Crippen molar-refractivity contribution in [1.29, 1.82) is 0 Å². The van der Waals surface area contributed by atoms with Crippen molar-refractivity contribution in [1.82, 2.24) is 30.9 Å². The number of carbonyl (C=O) groups is 4. The zero-order chi connectivity index (χ0) is 29.9. The van der Waals surface area contributed by atoms with Crippen LogP contribution in [0.2, 0.25) is 0 Å². The number of nitrogens with one attached hydrogen (secondary N) is 5. The molecule has 0 aliphatic carbocycles. The SMILES string of the molecule is CC(O)C(NC(=O)C(CCCCN)NC(=O)C(Cc1cnc[nH]1)NC(=O)C(N)Cc1c[nH]c2ccccc12)C(=O)O. The number of hydrogen-bond acceptors (Lipinski definition) is 8. The van der Waals surface area contributed by atoms with E-state index < -0.39 is 54.0 Å². The van der Waals surface area contributed by atoms with Crippen LogP contribution in [-0.2, 0) is 32.0 Å². The van der Waals surface area contributed by atoms with Gasteiger partial charge in [0.1, 0.15) is 12.1 Å². The van der Waals surface area contributed by atoms with Crippen molar-refractivity contribution < 1.29 is 29.4 Å². The molecule has 0 aliphatic rings. The van der Waals surface area contributed by atoms with Crippen LogP contribution in [0.5, 0.6) is 0 Å². The number of aliphatic hydroxyl groups excluding tert-OH is 1. The Morgan fingerprint density at radius 1 is 0.976 bits per heavy atom. The van der Waals surface area contributed by atoms with E-state index in [2.05, 4.69) is 30.9 Å². The fourth-order valence-corrected chi connectivity index (χ4v) is 4.41. The number of aliphatic hydroxyl groups is 1. The Hall–Kier alpha value is -4.27. The molecule has 11 N–H and O–H groups in total. The zero-order valence-electron chi connectivity index (χ0n) is 22.8. The molecule has 5 unspecified atom stereocenters. The van der Waals surface area contributed by atoms with Crippen LogP contribution in [0.3, 0.4) is 0 Å². The predicted molar refractivity (Wildman–Crippen MR) is 150 cm³/mol. The minimum absolute atomic E-state index is 0.0277. The Morgan fingerprint density at radius 3 is 2.34 bits per heavy atom. The summed E-state index contributed by atoms with van der Waals surface area (Å²) >= 11 is 0. The van der Waals surface area contributed by atoms with Gasteiger partial charge in [0.2, 0.25) is 17.7 Å². The largest absolute Gasteiger partial charge is 0.480 e. The van der Waals surface area contributed by atoms with Gasteiger partial charge in [-0.05, 0) is 50.8 Å². The van der Waals surface area contributed by atoms with E-state index in [0.29, 0.717) is 25.1 Å². The first-order valence-electron chi connectivity index (χ1n) is 13.4. The topological polar surface area (TPSA) is 241 Å². The number of amides is 3. The highest BCUT2D eigenvalue weighted by molar-refractivity contribution is 5.94. The highest BCUT2D eigenvalue weighted by Gasteiger charge is 2.32. The summed E-state index contributed by atoms with van der Waals surface area (Å²) in [4.78, 5) is 61.0. The number of para-hydroxylation sites is 1. The average Bonchev–Trinajstić information content (AvgIpc) is 3.60. The second kappa shape index (κ2) is 14.9. The van der Waals surface area contributed by atoms with E-state index in [9.17, 15) is 29.4 Å². The Labute approximate surface area is 236 Å². The molecule has 0 radical (unpaired) electrons. The van der Waals surface area contributed by atoms with Crippen molar-refractivity contribution in [3.8, 4) is 0 Å². The van der Waals surface area contributed by atoms with Crippen molar-refractivity contribution >= 4 is 34.6 Å². The van der Waals surface area contributed by atoms with E-state index in [1.165, 1.54) is 19.4 Å². The third-order valence-electron chi connectivity index (χ3n) is 6.69. The number of unbranched alkanes of at least 4 members (excludes halogenated alkanes) is 1. The molecule has 2 heterocycles. The Morgan fingerprint density at radius 2 is 1.68 bits per heavy atom. The summed E-state index contributed by atoms with van der Waals surface area (Å²) in [5, 5.41) is 27.6. The van der Waals surface area contributed by atoms with Crippen molar-refractivity contribution in [3.05, 3.63) is 54.2 Å². The number of benzene rings is 1. The van der Waals surface area contributed by atoms with Crippen molar-refractivity contribution in [3.63, 3.8) is 0 Å². The summed E-state index contributed by atoms with van der Waals surface area (Å²) in [5.41, 5.74) is 14.1. The molecule has 0 saturated heterocycles. The smallest absolute Gasteiger partial charge is 0.328 e. The van der Waals surface area contributed by atoms with Crippen LogP contribution in [0.1, 0.15) is 37.4 Å². The molecule has 3 aromatic rings. The number of aromatic amines is 2. The molecule has 0 aliphatic heterocycles. The fraction of sp³-hybridized carbons (Fsp3) is 0.444. The quantitative estimate of drug-likeness (QED) is 0.0963. The molecule has 1 aromatic carbocycles. The van der Waals surface area contributed by atoms with Crippen molar-refractivity contribution in [2.24, 2.45) is 11.5 Å². The average molecular weight is 571 g/mol. The normalized spacial score (nSPS) is 14.9. The molecule has 41 heavy (non-hydrogen) atoms. The third-order valence-corrected chi connectivity index (χ3v) is 6.69. The lowest BCUT2D eigenvalue weighted by molar-refractivity contribution is -0.145. The lowest BCUT2D eigenvalue weighted by Crippen LogP contribution is -2.58. The second-order valence-electron chi connectivity index (χ2n) is 9.92. The standard InChI is InChI=1S/C27H38N8O6/c1-15(36)23(27(40)41)35-25(38)21(8-4-5-9-28)33-26(39)22(11-17-13-30-14-32-17)34-24(37)19(29)10-16-12-31-20-7-3-2-6-18(16)20/h2-3,6-7,12-15,19,21-23,31,36H,4-5,8-11,28-29H2,1H3,(H,30,32)(H,33,39)(H,34,37)(H,35,38)(H,40,41). The maximum absolute atomic E-state index is 13.4. The van der Waals surface area contributed by atoms with Crippen LogP contribution in [0.15, 0.2) is 43.0 Å². The van der Waals surface area contributed by atoms with Crippen molar-refractivity contribution in [2.75, 3.05) is 6.54 Å². The molecule has 3 rings (SSSR count). The summed E-state index contributed by atoms with van der Waals surface area (Å²) < 4.78 is 0. The first kappa shape index (κ1) is 31.3. The summed E-state index contributed by atoms with van der Waals surface area (Å²) in [6, 6.07) is 2.79. The number of nitrogens with zero attached hydrogens (tertiary/aromatic N) is 1. The van der Waals surface area contributed by atoms with E-state index in [1.807, 2.05) is 24.3 Å². The summed E-state index contributed by atoms with van der Waals surface area (Å²) in [5.74, 6) is -3.46. The predicted octanol–water partition coefficient (Wildman–Crippen LogP) is -0.948. The first-order valence-corrected chi connectivity index (χ1v) is 13.4. The van der Waals surface area contributed by atoms with Gasteiger partial charge in [-0.3, -0.25) is 14.4 Å². The molecule has 14 heteroatoms. The van der Waals surface area contributed by atoms with Gasteiger partial charge >= 0.3 is 5.97 Å². The van der Waals surface area contributed by atoms with E-state index in [0.717, 1.165) is 16.5 Å². The molecule has 2 aromatic heterocycles. The number of aliphatic carboxylic acids is 1. The van der Waals surface area contributed by atoms with Gasteiger partial charge in [-0.25, -0.2) is 9.78 Å². The zero-order valence-corrected chi connectivity index (χ0v) is 22.8. The number of aromatic nitrogens is 3. The van der Waals surface area contributed by atoms with Gasteiger partial charge in [0.25, 0.3) is 0 Å².